The maximum absolute atomic E-state index is 10.1. The summed E-state index contributed by atoms with van der Waals surface area (Å²) in [6.07, 6.45) is 9.07. The van der Waals surface area contributed by atoms with Crippen LogP contribution in [0.2, 0.25) is 0 Å². The van der Waals surface area contributed by atoms with Crippen LogP contribution in [0.3, 0.4) is 0 Å². The summed E-state index contributed by atoms with van der Waals surface area (Å²) in [7, 11) is 0. The molecule has 8 heteroatoms. The summed E-state index contributed by atoms with van der Waals surface area (Å²) in [6, 6.07) is 3.59. The molecule has 2 N–H and O–H groups in total. The van der Waals surface area contributed by atoms with Gasteiger partial charge in [0.25, 0.3) is 0 Å². The van der Waals surface area contributed by atoms with Gasteiger partial charge in [0.05, 0.1) is 16.1 Å². The molecule has 0 saturated heterocycles. The van der Waals surface area contributed by atoms with Crippen LogP contribution in [-0.2, 0) is 12.8 Å². The first-order valence-corrected chi connectivity index (χ1v) is 10.8. The van der Waals surface area contributed by atoms with Gasteiger partial charge in [-0.3, -0.25) is 5.43 Å². The highest BCUT2D eigenvalue weighted by Gasteiger charge is 2.18. The number of phenols is 1. The van der Waals surface area contributed by atoms with Gasteiger partial charge in [-0.15, -0.1) is 11.3 Å². The molecule has 1 aromatic carbocycles. The molecule has 0 amide bonds. The number of anilines is 1. The smallest absolute Gasteiger partial charge is 0.158 e. The number of hydrogen-bond acceptors (Lipinski definition) is 6. The van der Waals surface area contributed by atoms with E-state index in [9.17, 15) is 5.11 Å². The zero-order chi connectivity index (χ0) is 18.1. The number of fused-ring (bicyclic) bond motifs is 3. The number of nitrogens with zero attached hydrogens (tertiary/aromatic N) is 3. The van der Waals surface area contributed by atoms with E-state index in [1.807, 2.05) is 0 Å². The molecule has 0 atom stereocenters. The number of rotatable bonds is 3. The first-order chi connectivity index (χ1) is 12.6. The summed E-state index contributed by atoms with van der Waals surface area (Å²) in [5.74, 6) is 0.871. The van der Waals surface area contributed by atoms with Crippen molar-refractivity contribution in [1.82, 2.24) is 9.97 Å². The van der Waals surface area contributed by atoms with Crippen molar-refractivity contribution in [3.63, 3.8) is 0 Å². The van der Waals surface area contributed by atoms with Gasteiger partial charge in [-0.2, -0.15) is 5.10 Å². The molecule has 5 nitrogen and oxygen atoms in total. The van der Waals surface area contributed by atoms with Gasteiger partial charge in [0.2, 0.25) is 0 Å². The molecule has 0 radical (unpaired) electrons. The van der Waals surface area contributed by atoms with Gasteiger partial charge < -0.3 is 5.11 Å². The Morgan fingerprint density at radius 2 is 2.00 bits per heavy atom. The summed E-state index contributed by atoms with van der Waals surface area (Å²) in [4.78, 5) is 11.3. The SMILES string of the molecule is Oc1c(Br)cc(Br)cc1/C=N/Nc1ncnc2sc3c(c12)CCCCC3. The van der Waals surface area contributed by atoms with Gasteiger partial charge in [-0.1, -0.05) is 22.4 Å². The summed E-state index contributed by atoms with van der Waals surface area (Å²) in [5.41, 5.74) is 5.02. The van der Waals surface area contributed by atoms with Crippen LogP contribution in [0, 0.1) is 0 Å². The Morgan fingerprint density at radius 1 is 1.15 bits per heavy atom. The second kappa shape index (κ2) is 7.62. The maximum atomic E-state index is 10.1. The van der Waals surface area contributed by atoms with Gasteiger partial charge >= 0.3 is 0 Å². The number of aromatic nitrogens is 2. The molecular formula is C18H16Br2N4OS. The highest BCUT2D eigenvalue weighted by atomic mass is 79.9. The average Bonchev–Trinajstić information content (AvgIpc) is 2.81. The second-order valence-electron chi connectivity index (χ2n) is 6.16. The molecule has 0 bridgehead atoms. The fourth-order valence-electron chi connectivity index (χ4n) is 3.20. The minimum absolute atomic E-state index is 0.149. The molecule has 1 aliphatic carbocycles. The minimum atomic E-state index is 0.149. The average molecular weight is 496 g/mol. The standard InChI is InChI=1S/C18H16Br2N4OS/c19-11-6-10(16(25)13(20)7-11)8-23-24-17-15-12-4-2-1-3-5-14(12)26-18(15)22-9-21-17/h6-9,25H,1-5H2,(H,21,22,24)/b23-8+. The van der Waals surface area contributed by atoms with Gasteiger partial charge in [0.15, 0.2) is 5.82 Å². The number of hydrazone groups is 1. The van der Waals surface area contributed by atoms with Crippen molar-refractivity contribution in [3.8, 4) is 5.75 Å². The molecule has 0 saturated carbocycles. The van der Waals surface area contributed by atoms with Gasteiger partial charge in [0.1, 0.15) is 16.9 Å². The topological polar surface area (TPSA) is 70.4 Å². The molecule has 2 aromatic heterocycles. The molecule has 134 valence electrons. The number of phenolic OH excluding ortho intramolecular Hbond substituents is 1. The zero-order valence-electron chi connectivity index (χ0n) is 13.8. The number of halogens is 2. The van der Waals surface area contributed by atoms with E-state index in [0.29, 0.717) is 10.0 Å². The van der Waals surface area contributed by atoms with Crippen LogP contribution in [0.4, 0.5) is 5.82 Å². The van der Waals surface area contributed by atoms with E-state index >= 15 is 0 Å². The van der Waals surface area contributed by atoms with Crippen LogP contribution in [0.25, 0.3) is 10.2 Å². The van der Waals surface area contributed by atoms with Gasteiger partial charge in [-0.05, 0) is 59.3 Å². The van der Waals surface area contributed by atoms with E-state index in [4.69, 9.17) is 0 Å². The summed E-state index contributed by atoms with van der Waals surface area (Å²) in [5, 5.41) is 15.5. The summed E-state index contributed by atoms with van der Waals surface area (Å²) >= 11 is 8.51. The van der Waals surface area contributed by atoms with Crippen molar-refractivity contribution in [2.24, 2.45) is 5.10 Å². The second-order valence-corrected chi connectivity index (χ2v) is 9.02. The fourth-order valence-corrected chi connectivity index (χ4v) is 5.69. The van der Waals surface area contributed by atoms with Crippen molar-refractivity contribution >= 4 is 65.4 Å². The quantitative estimate of drug-likeness (QED) is 0.280. The number of nitrogens with one attached hydrogen (secondary N) is 1. The number of aryl methyl sites for hydroxylation is 2. The third-order valence-electron chi connectivity index (χ3n) is 4.43. The van der Waals surface area contributed by atoms with Crippen LogP contribution in [0.5, 0.6) is 5.75 Å². The molecule has 1 aliphatic rings. The molecule has 3 aromatic rings. The van der Waals surface area contributed by atoms with E-state index < -0.39 is 0 Å². The van der Waals surface area contributed by atoms with Crippen LogP contribution in [0.15, 0.2) is 32.5 Å². The lowest BCUT2D eigenvalue weighted by Gasteiger charge is -2.05. The zero-order valence-corrected chi connectivity index (χ0v) is 17.8. The summed E-state index contributed by atoms with van der Waals surface area (Å²) < 4.78 is 1.47. The number of thiophene rings is 1. The molecule has 2 heterocycles. The lowest BCUT2D eigenvalue weighted by molar-refractivity contribution is 0.471. The van der Waals surface area contributed by atoms with E-state index in [-0.39, 0.29) is 5.75 Å². The molecule has 0 fully saturated rings. The van der Waals surface area contributed by atoms with Crippen molar-refractivity contribution < 1.29 is 5.11 Å². The Labute approximate surface area is 171 Å². The van der Waals surface area contributed by atoms with Crippen molar-refractivity contribution in [1.29, 1.82) is 0 Å². The first kappa shape index (κ1) is 17.9. The minimum Gasteiger partial charge on any atom is -0.506 e. The van der Waals surface area contributed by atoms with Crippen LogP contribution in [-0.4, -0.2) is 21.3 Å². The molecule has 0 aliphatic heterocycles. The highest BCUT2D eigenvalue weighted by Crippen LogP contribution is 2.37. The van der Waals surface area contributed by atoms with Crippen molar-refractivity contribution in [3.05, 3.63) is 43.4 Å². The maximum Gasteiger partial charge on any atom is 0.158 e. The fraction of sp³-hybridized carbons (Fsp3) is 0.278. The number of aromatic hydroxyl groups is 1. The predicted octanol–water partition coefficient (Wildman–Crippen LogP) is 5.64. The lowest BCUT2D eigenvalue weighted by Crippen LogP contribution is -1.97. The van der Waals surface area contributed by atoms with Crippen molar-refractivity contribution in [2.45, 2.75) is 32.1 Å². The van der Waals surface area contributed by atoms with E-state index in [1.165, 1.54) is 29.7 Å². The Morgan fingerprint density at radius 3 is 2.88 bits per heavy atom. The van der Waals surface area contributed by atoms with Crippen LogP contribution >= 0.6 is 43.2 Å². The lowest BCUT2D eigenvalue weighted by atomic mass is 10.1. The third-order valence-corrected chi connectivity index (χ3v) is 6.70. The summed E-state index contributed by atoms with van der Waals surface area (Å²) in [6.45, 7) is 0. The third kappa shape index (κ3) is 3.50. The van der Waals surface area contributed by atoms with Gasteiger partial charge in [0, 0.05) is 14.9 Å². The Kier molecular flexibility index (Phi) is 5.24. The Bertz CT molecular complexity index is 1000. The highest BCUT2D eigenvalue weighted by molar-refractivity contribution is 9.11. The van der Waals surface area contributed by atoms with E-state index in [2.05, 4.69) is 52.4 Å². The van der Waals surface area contributed by atoms with Crippen LogP contribution in [0.1, 0.15) is 35.3 Å². The Balaban J connectivity index is 1.67. The molecule has 0 unspecified atom stereocenters. The normalized spacial score (nSPS) is 14.5. The van der Waals surface area contributed by atoms with E-state index in [0.717, 1.165) is 33.3 Å². The van der Waals surface area contributed by atoms with Crippen molar-refractivity contribution in [2.75, 3.05) is 5.43 Å². The molecule has 4 rings (SSSR count). The van der Waals surface area contributed by atoms with E-state index in [1.54, 1.807) is 36.0 Å². The predicted molar refractivity (Wildman–Crippen MR) is 113 cm³/mol. The number of benzene rings is 1. The largest absolute Gasteiger partial charge is 0.506 e. The molecule has 0 spiro atoms. The Hall–Kier alpha value is -1.51. The van der Waals surface area contributed by atoms with Crippen LogP contribution < -0.4 is 5.43 Å². The van der Waals surface area contributed by atoms with Gasteiger partial charge in [-0.25, -0.2) is 9.97 Å². The molecule has 26 heavy (non-hydrogen) atoms. The molecular weight excluding hydrogens is 480 g/mol. The first-order valence-electron chi connectivity index (χ1n) is 8.36. The monoisotopic (exact) mass is 494 g/mol. The number of hydrogen-bond donors (Lipinski definition) is 2.